The van der Waals surface area contributed by atoms with E-state index in [1.54, 1.807) is 6.92 Å². The van der Waals surface area contributed by atoms with Crippen LogP contribution in [0.5, 0.6) is 5.75 Å². The minimum atomic E-state index is -3.71. The van der Waals surface area contributed by atoms with Gasteiger partial charge in [-0.05, 0) is 31.5 Å². The fraction of sp³-hybridized carbons (Fsp3) is 0.500. The molecule has 0 radical (unpaired) electrons. The second-order valence-electron chi connectivity index (χ2n) is 6.47. The molecule has 29 heavy (non-hydrogen) atoms. The third kappa shape index (κ3) is 5.11. The highest BCUT2D eigenvalue weighted by Gasteiger charge is 2.28. The van der Waals surface area contributed by atoms with Gasteiger partial charge in [0.15, 0.2) is 5.82 Å². The minimum Gasteiger partial charge on any atom is -0.496 e. The fourth-order valence-electron chi connectivity index (χ4n) is 2.94. The molecule has 0 spiro atoms. The Kier molecular flexibility index (Phi) is 6.83. The van der Waals surface area contributed by atoms with E-state index in [0.29, 0.717) is 50.1 Å². The molecular formula is C18H24N4O6S. The predicted molar refractivity (Wildman–Crippen MR) is 102 cm³/mol. The summed E-state index contributed by atoms with van der Waals surface area (Å²) in [5.74, 6) is 0.957. The fourth-order valence-corrected chi connectivity index (χ4v) is 4.37. The molecule has 2 heterocycles. The highest BCUT2D eigenvalue weighted by molar-refractivity contribution is 7.89. The number of amides is 1. The van der Waals surface area contributed by atoms with E-state index in [9.17, 15) is 13.2 Å². The molecule has 3 rings (SSSR count). The standard InChI is InChI=1S/C18H24N4O6S/c1-13-20-17(28-21-13)4-3-7-19-18(23)15-12-14(5-6-16(15)26-2)29(24,25)22-8-10-27-11-9-22/h5-6,12H,3-4,7-11H2,1-2H3,(H,19,23). The van der Waals surface area contributed by atoms with E-state index < -0.39 is 15.9 Å². The van der Waals surface area contributed by atoms with Crippen molar-refractivity contribution in [3.63, 3.8) is 0 Å². The van der Waals surface area contributed by atoms with Crippen molar-refractivity contribution in [2.24, 2.45) is 0 Å². The number of benzene rings is 1. The lowest BCUT2D eigenvalue weighted by Gasteiger charge is -2.26. The number of morpholine rings is 1. The van der Waals surface area contributed by atoms with Gasteiger partial charge in [0.25, 0.3) is 5.91 Å². The van der Waals surface area contributed by atoms with Crippen LogP contribution in [0.15, 0.2) is 27.6 Å². The van der Waals surface area contributed by atoms with Gasteiger partial charge in [-0.15, -0.1) is 0 Å². The van der Waals surface area contributed by atoms with Gasteiger partial charge in [-0.3, -0.25) is 4.79 Å². The number of ether oxygens (including phenoxy) is 2. The van der Waals surface area contributed by atoms with E-state index >= 15 is 0 Å². The van der Waals surface area contributed by atoms with E-state index in [2.05, 4.69) is 15.5 Å². The Bertz CT molecular complexity index is 953. The van der Waals surface area contributed by atoms with Gasteiger partial charge in [0.2, 0.25) is 15.9 Å². The van der Waals surface area contributed by atoms with E-state index in [1.807, 2.05) is 0 Å². The highest BCUT2D eigenvalue weighted by Crippen LogP contribution is 2.25. The van der Waals surface area contributed by atoms with Crippen molar-refractivity contribution in [2.45, 2.75) is 24.7 Å². The van der Waals surface area contributed by atoms with Gasteiger partial charge in [-0.2, -0.15) is 9.29 Å². The number of methoxy groups -OCH3 is 1. The maximum absolute atomic E-state index is 12.9. The number of aromatic nitrogens is 2. The molecule has 10 nitrogen and oxygen atoms in total. The van der Waals surface area contributed by atoms with Crippen molar-refractivity contribution in [2.75, 3.05) is 40.0 Å². The first-order valence-electron chi connectivity index (χ1n) is 9.25. The monoisotopic (exact) mass is 424 g/mol. The van der Waals surface area contributed by atoms with Crippen LogP contribution in [-0.4, -0.2) is 68.7 Å². The van der Waals surface area contributed by atoms with Crippen LogP contribution in [-0.2, 0) is 21.2 Å². The molecule has 2 aromatic rings. The zero-order valence-corrected chi connectivity index (χ0v) is 17.2. The lowest BCUT2D eigenvalue weighted by atomic mass is 10.2. The molecule has 0 unspecified atom stereocenters. The third-order valence-electron chi connectivity index (χ3n) is 4.45. The Morgan fingerprint density at radius 1 is 1.31 bits per heavy atom. The van der Waals surface area contributed by atoms with E-state index in [0.717, 1.165) is 0 Å². The Labute approximate surface area is 169 Å². The number of nitrogens with one attached hydrogen (secondary N) is 1. The van der Waals surface area contributed by atoms with E-state index in [1.165, 1.54) is 29.6 Å². The Balaban J connectivity index is 1.68. The lowest BCUT2D eigenvalue weighted by Crippen LogP contribution is -2.40. The molecule has 0 aliphatic carbocycles. The second-order valence-corrected chi connectivity index (χ2v) is 8.41. The van der Waals surface area contributed by atoms with Gasteiger partial charge in [0, 0.05) is 26.1 Å². The molecule has 158 valence electrons. The van der Waals surface area contributed by atoms with Crippen LogP contribution in [0, 0.1) is 6.92 Å². The molecule has 1 fully saturated rings. The maximum atomic E-state index is 12.9. The summed E-state index contributed by atoms with van der Waals surface area (Å²) in [5.41, 5.74) is 0.162. The first-order valence-corrected chi connectivity index (χ1v) is 10.7. The average molecular weight is 424 g/mol. The summed E-state index contributed by atoms with van der Waals surface area (Å²) in [6, 6.07) is 4.28. The normalized spacial score (nSPS) is 15.2. The average Bonchev–Trinajstić information content (AvgIpc) is 3.16. The molecule has 1 N–H and O–H groups in total. The Hall–Kier alpha value is -2.50. The predicted octanol–water partition coefficient (Wildman–Crippen LogP) is 0.770. The van der Waals surface area contributed by atoms with Crippen LogP contribution >= 0.6 is 0 Å². The summed E-state index contributed by atoms with van der Waals surface area (Å²) in [5, 5.41) is 6.48. The molecule has 0 bridgehead atoms. The van der Waals surface area contributed by atoms with Crippen LogP contribution in [0.2, 0.25) is 0 Å². The van der Waals surface area contributed by atoms with Crippen LogP contribution in [0.4, 0.5) is 0 Å². The molecular weight excluding hydrogens is 400 g/mol. The first-order chi connectivity index (χ1) is 13.9. The molecule has 1 aliphatic rings. The van der Waals surface area contributed by atoms with Crippen molar-refractivity contribution in [1.29, 1.82) is 0 Å². The zero-order chi connectivity index (χ0) is 20.9. The van der Waals surface area contributed by atoms with Crippen LogP contribution in [0.1, 0.15) is 28.5 Å². The number of rotatable bonds is 8. The number of aryl methyl sites for hydroxylation is 2. The van der Waals surface area contributed by atoms with Crippen molar-refractivity contribution in [1.82, 2.24) is 19.8 Å². The molecule has 1 aromatic carbocycles. The number of sulfonamides is 1. The highest BCUT2D eigenvalue weighted by atomic mass is 32.2. The number of nitrogens with zero attached hydrogens (tertiary/aromatic N) is 3. The molecule has 1 amide bonds. The Morgan fingerprint density at radius 2 is 2.07 bits per heavy atom. The molecule has 1 saturated heterocycles. The number of hydrogen-bond donors (Lipinski definition) is 1. The summed E-state index contributed by atoms with van der Waals surface area (Å²) in [7, 11) is -2.28. The summed E-state index contributed by atoms with van der Waals surface area (Å²) in [6.45, 7) is 3.36. The van der Waals surface area contributed by atoms with Crippen LogP contribution in [0.3, 0.4) is 0 Å². The van der Waals surface area contributed by atoms with Crippen molar-refractivity contribution in [3.05, 3.63) is 35.5 Å². The quantitative estimate of drug-likeness (QED) is 0.616. The van der Waals surface area contributed by atoms with Crippen molar-refractivity contribution in [3.8, 4) is 5.75 Å². The second kappa shape index (κ2) is 9.33. The van der Waals surface area contributed by atoms with Crippen molar-refractivity contribution >= 4 is 15.9 Å². The summed E-state index contributed by atoms with van der Waals surface area (Å²) >= 11 is 0. The van der Waals surface area contributed by atoms with Gasteiger partial charge in [0.1, 0.15) is 5.75 Å². The smallest absolute Gasteiger partial charge is 0.255 e. The number of hydrogen-bond acceptors (Lipinski definition) is 8. The SMILES string of the molecule is COc1ccc(S(=O)(=O)N2CCOCC2)cc1C(=O)NCCCc1nc(C)no1. The van der Waals surface area contributed by atoms with Gasteiger partial charge in [-0.1, -0.05) is 5.16 Å². The summed E-state index contributed by atoms with van der Waals surface area (Å²) in [4.78, 5) is 16.8. The van der Waals surface area contributed by atoms with E-state index in [4.69, 9.17) is 14.0 Å². The zero-order valence-electron chi connectivity index (χ0n) is 16.4. The molecule has 0 atom stereocenters. The summed E-state index contributed by atoms with van der Waals surface area (Å²) < 4.78 is 42.5. The number of carbonyl (C=O) groups is 1. The largest absolute Gasteiger partial charge is 0.496 e. The minimum absolute atomic E-state index is 0.0479. The maximum Gasteiger partial charge on any atom is 0.255 e. The van der Waals surface area contributed by atoms with Crippen molar-refractivity contribution < 1.29 is 27.2 Å². The van der Waals surface area contributed by atoms with Gasteiger partial charge in [-0.25, -0.2) is 8.42 Å². The van der Waals surface area contributed by atoms with Gasteiger partial charge >= 0.3 is 0 Å². The molecule has 1 aromatic heterocycles. The number of carbonyl (C=O) groups excluding carboxylic acids is 1. The van der Waals surface area contributed by atoms with Gasteiger partial charge < -0.3 is 19.3 Å². The van der Waals surface area contributed by atoms with Crippen LogP contribution in [0.25, 0.3) is 0 Å². The van der Waals surface area contributed by atoms with Crippen LogP contribution < -0.4 is 10.1 Å². The first kappa shape index (κ1) is 21.2. The molecule has 11 heteroatoms. The van der Waals surface area contributed by atoms with Gasteiger partial charge in [0.05, 0.1) is 30.8 Å². The molecule has 1 aliphatic heterocycles. The lowest BCUT2D eigenvalue weighted by molar-refractivity contribution is 0.0730. The summed E-state index contributed by atoms with van der Waals surface area (Å²) in [6.07, 6.45) is 1.13. The topological polar surface area (TPSA) is 124 Å². The molecule has 0 saturated carbocycles. The third-order valence-corrected chi connectivity index (χ3v) is 6.34. The van der Waals surface area contributed by atoms with E-state index in [-0.39, 0.29) is 23.5 Å². The Morgan fingerprint density at radius 3 is 2.72 bits per heavy atom.